The van der Waals surface area contributed by atoms with Gasteiger partial charge in [0.05, 0.1) is 0 Å². The Kier molecular flexibility index (Phi) is 5.38. The summed E-state index contributed by atoms with van der Waals surface area (Å²) in [5, 5.41) is 5.39. The fourth-order valence-corrected chi connectivity index (χ4v) is 3.95. The molecule has 3 aromatic rings. The van der Waals surface area contributed by atoms with Crippen LogP contribution in [0.15, 0.2) is 60.8 Å². The average Bonchev–Trinajstić information content (AvgIpc) is 2.73. The number of fused-ring (bicyclic) bond motifs is 1. The summed E-state index contributed by atoms with van der Waals surface area (Å²) < 4.78 is 0. The first-order valence-electron chi connectivity index (χ1n) is 10.3. The molecule has 29 heavy (non-hydrogen) atoms. The van der Waals surface area contributed by atoms with Gasteiger partial charge in [0.25, 0.3) is 0 Å². The number of rotatable bonds is 3. The highest BCUT2D eigenvalue weighted by Gasteiger charge is 2.28. The lowest BCUT2D eigenvalue weighted by Gasteiger charge is -2.40. The Balaban J connectivity index is 1.44. The number of pyridine rings is 1. The number of aromatic nitrogens is 1. The molecule has 0 spiro atoms. The van der Waals surface area contributed by atoms with Crippen molar-refractivity contribution in [2.45, 2.75) is 32.7 Å². The van der Waals surface area contributed by atoms with Gasteiger partial charge in [-0.05, 0) is 42.0 Å². The number of benzene rings is 2. The fraction of sp³-hybridized carbons (Fsp3) is 0.333. The lowest BCUT2D eigenvalue weighted by molar-refractivity contribution is 0.184. The van der Waals surface area contributed by atoms with Gasteiger partial charge in [-0.15, -0.1) is 0 Å². The van der Waals surface area contributed by atoms with Gasteiger partial charge >= 0.3 is 6.03 Å². The molecule has 1 aliphatic heterocycles. The second-order valence-corrected chi connectivity index (χ2v) is 8.05. The van der Waals surface area contributed by atoms with Crippen molar-refractivity contribution >= 4 is 28.3 Å². The SMILES string of the molecule is CC(C)c1ccc(NC(=O)N2CCN(c3nccc4ccccc34)CC2C)cc1. The molecule has 1 N–H and O–H groups in total. The minimum Gasteiger partial charge on any atom is -0.352 e. The van der Waals surface area contributed by atoms with Crippen LogP contribution in [0.5, 0.6) is 0 Å². The van der Waals surface area contributed by atoms with E-state index in [4.69, 9.17) is 0 Å². The third-order valence-electron chi connectivity index (χ3n) is 5.67. The summed E-state index contributed by atoms with van der Waals surface area (Å²) in [6, 6.07) is 18.5. The van der Waals surface area contributed by atoms with Gasteiger partial charge in [-0.3, -0.25) is 0 Å². The normalized spacial score (nSPS) is 17.0. The van der Waals surface area contributed by atoms with Crippen molar-refractivity contribution in [1.82, 2.24) is 9.88 Å². The summed E-state index contributed by atoms with van der Waals surface area (Å²) in [6.07, 6.45) is 1.86. The zero-order valence-corrected chi connectivity index (χ0v) is 17.3. The third kappa shape index (κ3) is 4.04. The van der Waals surface area contributed by atoms with Crippen molar-refractivity contribution < 1.29 is 4.79 Å². The first-order valence-corrected chi connectivity index (χ1v) is 10.3. The van der Waals surface area contributed by atoms with E-state index in [1.807, 2.05) is 41.4 Å². The number of nitrogens with zero attached hydrogens (tertiary/aromatic N) is 3. The average molecular weight is 389 g/mol. The summed E-state index contributed by atoms with van der Waals surface area (Å²) in [4.78, 5) is 21.7. The Morgan fingerprint density at radius 1 is 1.07 bits per heavy atom. The zero-order chi connectivity index (χ0) is 20.4. The molecule has 2 amide bonds. The number of hydrogen-bond acceptors (Lipinski definition) is 3. The molecule has 0 radical (unpaired) electrons. The molecule has 2 heterocycles. The molecule has 5 nitrogen and oxygen atoms in total. The van der Waals surface area contributed by atoms with Crippen LogP contribution in [0.2, 0.25) is 0 Å². The number of urea groups is 1. The van der Waals surface area contributed by atoms with Crippen LogP contribution >= 0.6 is 0 Å². The molecule has 0 bridgehead atoms. The van der Waals surface area contributed by atoms with Gasteiger partial charge in [-0.1, -0.05) is 50.2 Å². The highest BCUT2D eigenvalue weighted by Crippen LogP contribution is 2.26. The highest BCUT2D eigenvalue weighted by atomic mass is 16.2. The predicted octanol–water partition coefficient (Wildman–Crippen LogP) is 5.10. The molecule has 1 aliphatic rings. The molecule has 1 saturated heterocycles. The van der Waals surface area contributed by atoms with Crippen LogP contribution in [0.3, 0.4) is 0 Å². The molecule has 0 saturated carbocycles. The zero-order valence-electron chi connectivity index (χ0n) is 17.3. The van der Waals surface area contributed by atoms with Crippen LogP contribution in [-0.4, -0.2) is 41.6 Å². The molecular formula is C24H28N4O. The first kappa shape index (κ1) is 19.2. The Morgan fingerprint density at radius 2 is 1.83 bits per heavy atom. The summed E-state index contributed by atoms with van der Waals surface area (Å²) in [5.41, 5.74) is 2.11. The van der Waals surface area contributed by atoms with E-state index in [1.165, 1.54) is 10.9 Å². The van der Waals surface area contributed by atoms with Gasteiger partial charge in [0, 0.05) is 42.9 Å². The van der Waals surface area contributed by atoms with E-state index in [-0.39, 0.29) is 12.1 Å². The standard InChI is InChI=1S/C24H28N4O/c1-17(2)19-8-10-21(11-9-19)26-24(29)28-15-14-27(16-18(28)3)23-22-7-5-4-6-20(22)12-13-25-23/h4-13,17-18H,14-16H2,1-3H3,(H,26,29). The van der Waals surface area contributed by atoms with E-state index in [1.54, 1.807) is 0 Å². The number of carbonyl (C=O) groups excluding carboxylic acids is 1. The maximum atomic E-state index is 12.8. The highest BCUT2D eigenvalue weighted by molar-refractivity contribution is 5.92. The molecule has 0 aliphatic carbocycles. The first-order chi connectivity index (χ1) is 14.0. The Bertz CT molecular complexity index is 994. The predicted molar refractivity (Wildman–Crippen MR) is 120 cm³/mol. The van der Waals surface area contributed by atoms with Gasteiger partial charge in [0.1, 0.15) is 5.82 Å². The minimum absolute atomic E-state index is 0.0414. The molecule has 4 rings (SSSR count). The fourth-order valence-electron chi connectivity index (χ4n) is 3.95. The maximum Gasteiger partial charge on any atom is 0.322 e. The topological polar surface area (TPSA) is 48.5 Å². The minimum atomic E-state index is -0.0414. The van der Waals surface area contributed by atoms with Gasteiger partial charge in [-0.25, -0.2) is 9.78 Å². The van der Waals surface area contributed by atoms with Crippen LogP contribution in [0.25, 0.3) is 10.8 Å². The molecule has 2 aromatic carbocycles. The van der Waals surface area contributed by atoms with Gasteiger partial charge in [0.2, 0.25) is 0 Å². The largest absolute Gasteiger partial charge is 0.352 e. The molecule has 1 fully saturated rings. The van der Waals surface area contributed by atoms with E-state index >= 15 is 0 Å². The summed E-state index contributed by atoms with van der Waals surface area (Å²) in [6.45, 7) is 8.63. The van der Waals surface area contributed by atoms with Gasteiger partial charge < -0.3 is 15.1 Å². The summed E-state index contributed by atoms with van der Waals surface area (Å²) in [7, 11) is 0. The third-order valence-corrected chi connectivity index (χ3v) is 5.67. The lowest BCUT2D eigenvalue weighted by Crippen LogP contribution is -2.55. The number of piperazine rings is 1. The van der Waals surface area contributed by atoms with Crippen LogP contribution in [0.4, 0.5) is 16.3 Å². The van der Waals surface area contributed by atoms with Crippen molar-refractivity contribution in [2.24, 2.45) is 0 Å². The monoisotopic (exact) mass is 388 g/mol. The second kappa shape index (κ2) is 8.11. The summed E-state index contributed by atoms with van der Waals surface area (Å²) in [5.74, 6) is 1.48. The van der Waals surface area contributed by atoms with E-state index in [2.05, 4.69) is 60.2 Å². The van der Waals surface area contributed by atoms with Crippen LogP contribution < -0.4 is 10.2 Å². The smallest absolute Gasteiger partial charge is 0.322 e. The van der Waals surface area contributed by atoms with Gasteiger partial charge in [0.15, 0.2) is 0 Å². The van der Waals surface area contributed by atoms with Crippen LogP contribution in [-0.2, 0) is 0 Å². The Labute approximate surface area is 172 Å². The number of hydrogen-bond donors (Lipinski definition) is 1. The second-order valence-electron chi connectivity index (χ2n) is 8.05. The Hall–Kier alpha value is -3.08. The lowest BCUT2D eigenvalue weighted by atomic mass is 10.0. The number of carbonyl (C=O) groups is 1. The number of nitrogens with one attached hydrogen (secondary N) is 1. The molecule has 1 aromatic heterocycles. The molecular weight excluding hydrogens is 360 g/mol. The molecule has 1 unspecified atom stereocenters. The van der Waals surface area contributed by atoms with Crippen LogP contribution in [0.1, 0.15) is 32.3 Å². The van der Waals surface area contributed by atoms with E-state index in [9.17, 15) is 4.79 Å². The van der Waals surface area contributed by atoms with E-state index in [0.29, 0.717) is 12.5 Å². The number of amides is 2. The van der Waals surface area contributed by atoms with Crippen molar-refractivity contribution in [3.63, 3.8) is 0 Å². The number of anilines is 2. The van der Waals surface area contributed by atoms with E-state index in [0.717, 1.165) is 30.0 Å². The van der Waals surface area contributed by atoms with Crippen molar-refractivity contribution in [2.75, 3.05) is 29.9 Å². The van der Waals surface area contributed by atoms with Crippen LogP contribution in [0, 0.1) is 0 Å². The Morgan fingerprint density at radius 3 is 2.55 bits per heavy atom. The molecule has 150 valence electrons. The van der Waals surface area contributed by atoms with E-state index < -0.39 is 0 Å². The van der Waals surface area contributed by atoms with Crippen molar-refractivity contribution in [3.05, 3.63) is 66.4 Å². The van der Waals surface area contributed by atoms with Gasteiger partial charge in [-0.2, -0.15) is 0 Å². The molecule has 5 heteroatoms. The quantitative estimate of drug-likeness (QED) is 0.679. The van der Waals surface area contributed by atoms with Crippen molar-refractivity contribution in [3.8, 4) is 0 Å². The van der Waals surface area contributed by atoms with Crippen molar-refractivity contribution in [1.29, 1.82) is 0 Å². The summed E-state index contributed by atoms with van der Waals surface area (Å²) >= 11 is 0. The maximum absolute atomic E-state index is 12.8. The molecule has 1 atom stereocenters.